The highest BCUT2D eigenvalue weighted by atomic mass is 32.1. The molecule has 20 heavy (non-hydrogen) atoms. The van der Waals surface area contributed by atoms with Crippen molar-refractivity contribution in [1.29, 1.82) is 0 Å². The molecule has 1 aromatic heterocycles. The Hall–Kier alpha value is -0.980. The monoisotopic (exact) mass is 297 g/mol. The molecule has 0 radical (unpaired) electrons. The SMILES string of the molecule is CCO[C@@H](C)c1nc(C)c(C(=O)N2CCC[C@H]2CN)s1. The van der Waals surface area contributed by atoms with Crippen LogP contribution in [0.15, 0.2) is 0 Å². The van der Waals surface area contributed by atoms with E-state index in [9.17, 15) is 4.79 Å². The summed E-state index contributed by atoms with van der Waals surface area (Å²) in [5.74, 6) is 0.0721. The average Bonchev–Trinajstić information content (AvgIpc) is 3.04. The number of hydrogen-bond acceptors (Lipinski definition) is 5. The Balaban J connectivity index is 2.18. The Morgan fingerprint density at radius 2 is 2.40 bits per heavy atom. The van der Waals surface area contributed by atoms with Gasteiger partial charge in [0.05, 0.1) is 5.69 Å². The molecule has 1 fully saturated rings. The van der Waals surface area contributed by atoms with Gasteiger partial charge in [-0.25, -0.2) is 4.98 Å². The van der Waals surface area contributed by atoms with Crippen molar-refractivity contribution < 1.29 is 9.53 Å². The first-order valence-corrected chi connectivity index (χ1v) is 8.00. The zero-order valence-electron chi connectivity index (χ0n) is 12.4. The second-order valence-electron chi connectivity index (χ2n) is 5.09. The van der Waals surface area contributed by atoms with E-state index in [0.29, 0.717) is 13.2 Å². The lowest BCUT2D eigenvalue weighted by Crippen LogP contribution is -2.39. The van der Waals surface area contributed by atoms with Crippen LogP contribution in [-0.4, -0.2) is 41.5 Å². The van der Waals surface area contributed by atoms with Gasteiger partial charge in [0.25, 0.3) is 5.91 Å². The number of hydrogen-bond donors (Lipinski definition) is 1. The van der Waals surface area contributed by atoms with Gasteiger partial charge < -0.3 is 15.4 Å². The van der Waals surface area contributed by atoms with Crippen LogP contribution in [-0.2, 0) is 4.74 Å². The maximum absolute atomic E-state index is 12.6. The third-order valence-corrected chi connectivity index (χ3v) is 4.99. The molecule has 5 nitrogen and oxygen atoms in total. The van der Waals surface area contributed by atoms with E-state index in [1.807, 2.05) is 25.7 Å². The van der Waals surface area contributed by atoms with Crippen LogP contribution in [0.3, 0.4) is 0 Å². The van der Waals surface area contributed by atoms with Crippen molar-refractivity contribution in [3.63, 3.8) is 0 Å². The lowest BCUT2D eigenvalue weighted by Gasteiger charge is -2.22. The smallest absolute Gasteiger partial charge is 0.266 e. The van der Waals surface area contributed by atoms with Gasteiger partial charge in [-0.3, -0.25) is 4.79 Å². The highest BCUT2D eigenvalue weighted by Crippen LogP contribution is 2.28. The van der Waals surface area contributed by atoms with Crippen LogP contribution >= 0.6 is 11.3 Å². The van der Waals surface area contributed by atoms with Crippen molar-refractivity contribution in [1.82, 2.24) is 9.88 Å². The van der Waals surface area contributed by atoms with Gasteiger partial charge in [0, 0.05) is 25.7 Å². The third kappa shape index (κ3) is 3.02. The van der Waals surface area contributed by atoms with Crippen molar-refractivity contribution in [2.75, 3.05) is 19.7 Å². The van der Waals surface area contributed by atoms with E-state index in [0.717, 1.165) is 35.0 Å². The lowest BCUT2D eigenvalue weighted by molar-refractivity contribution is 0.0744. The lowest BCUT2D eigenvalue weighted by atomic mass is 10.2. The number of amides is 1. The number of nitrogens with two attached hydrogens (primary N) is 1. The van der Waals surface area contributed by atoms with Crippen molar-refractivity contribution >= 4 is 17.2 Å². The molecule has 6 heteroatoms. The molecule has 0 unspecified atom stereocenters. The topological polar surface area (TPSA) is 68.5 Å². The molecule has 1 aliphatic rings. The molecule has 1 aromatic rings. The van der Waals surface area contributed by atoms with Gasteiger partial charge in [-0.05, 0) is 33.6 Å². The maximum atomic E-state index is 12.6. The van der Waals surface area contributed by atoms with Gasteiger partial charge in [-0.1, -0.05) is 0 Å². The predicted molar refractivity (Wildman–Crippen MR) is 80.0 cm³/mol. The van der Waals surface area contributed by atoms with E-state index in [1.165, 1.54) is 11.3 Å². The van der Waals surface area contributed by atoms with Crippen LogP contribution in [0.1, 0.15) is 53.2 Å². The van der Waals surface area contributed by atoms with Gasteiger partial charge in [0.15, 0.2) is 0 Å². The van der Waals surface area contributed by atoms with Crippen molar-refractivity contribution in [3.8, 4) is 0 Å². The van der Waals surface area contributed by atoms with Gasteiger partial charge in [0.2, 0.25) is 0 Å². The summed E-state index contributed by atoms with van der Waals surface area (Å²) >= 11 is 1.45. The molecule has 0 bridgehead atoms. The Morgan fingerprint density at radius 1 is 1.65 bits per heavy atom. The van der Waals surface area contributed by atoms with Gasteiger partial charge in [-0.2, -0.15) is 0 Å². The number of carbonyl (C=O) groups excluding carboxylic acids is 1. The fraction of sp³-hybridized carbons (Fsp3) is 0.714. The maximum Gasteiger partial charge on any atom is 0.266 e. The summed E-state index contributed by atoms with van der Waals surface area (Å²) in [5, 5.41) is 0.871. The summed E-state index contributed by atoms with van der Waals surface area (Å²) in [6, 6.07) is 0.178. The van der Waals surface area contributed by atoms with Crippen LogP contribution in [0.25, 0.3) is 0 Å². The zero-order chi connectivity index (χ0) is 14.7. The fourth-order valence-electron chi connectivity index (χ4n) is 2.59. The normalized spacial score (nSPS) is 20.4. The first-order chi connectivity index (χ1) is 9.58. The van der Waals surface area contributed by atoms with Gasteiger partial charge >= 0.3 is 0 Å². The molecular weight excluding hydrogens is 274 g/mol. The molecule has 1 amide bonds. The first-order valence-electron chi connectivity index (χ1n) is 7.18. The number of nitrogens with zero attached hydrogens (tertiary/aromatic N) is 2. The van der Waals surface area contributed by atoms with Crippen LogP contribution in [0, 0.1) is 6.92 Å². The summed E-state index contributed by atoms with van der Waals surface area (Å²) in [4.78, 5) is 19.7. The molecule has 0 saturated carbocycles. The number of ether oxygens (including phenoxy) is 1. The van der Waals surface area contributed by atoms with E-state index in [1.54, 1.807) is 0 Å². The molecule has 2 rings (SSSR count). The van der Waals surface area contributed by atoms with Gasteiger partial charge in [-0.15, -0.1) is 11.3 Å². The Bertz CT molecular complexity index is 475. The van der Waals surface area contributed by atoms with Crippen molar-refractivity contribution in [2.45, 2.75) is 45.8 Å². The van der Waals surface area contributed by atoms with E-state index in [2.05, 4.69) is 4.98 Å². The predicted octanol–water partition coefficient (Wildman–Crippen LogP) is 2.11. The summed E-state index contributed by atoms with van der Waals surface area (Å²) in [5.41, 5.74) is 6.54. The van der Waals surface area contributed by atoms with Crippen LogP contribution in [0.5, 0.6) is 0 Å². The minimum atomic E-state index is -0.0610. The van der Waals surface area contributed by atoms with E-state index < -0.39 is 0 Å². The van der Waals surface area contributed by atoms with Gasteiger partial charge in [0.1, 0.15) is 16.0 Å². The number of carbonyl (C=O) groups is 1. The van der Waals surface area contributed by atoms with E-state index in [4.69, 9.17) is 10.5 Å². The summed E-state index contributed by atoms with van der Waals surface area (Å²) in [6.07, 6.45) is 1.98. The molecule has 0 aliphatic carbocycles. The minimum Gasteiger partial charge on any atom is -0.372 e. The minimum absolute atomic E-state index is 0.0610. The standard InChI is InChI=1S/C14H23N3O2S/c1-4-19-10(3)13-16-9(2)12(20-13)14(18)17-7-5-6-11(17)8-15/h10-11H,4-8,15H2,1-3H3/t10-,11-/m0/s1. The molecule has 2 heterocycles. The number of aryl methyl sites for hydroxylation is 1. The number of likely N-dealkylation sites (tertiary alicyclic amines) is 1. The van der Waals surface area contributed by atoms with Crippen LogP contribution in [0.4, 0.5) is 0 Å². The Labute approximate surface area is 124 Å². The molecule has 2 N–H and O–H groups in total. The number of thiazole rings is 1. The first kappa shape index (κ1) is 15.4. The average molecular weight is 297 g/mol. The quantitative estimate of drug-likeness (QED) is 0.904. The largest absolute Gasteiger partial charge is 0.372 e. The van der Waals surface area contributed by atoms with Crippen LogP contribution in [0.2, 0.25) is 0 Å². The molecule has 0 spiro atoms. The second-order valence-corrected chi connectivity index (χ2v) is 6.13. The molecule has 2 atom stereocenters. The number of rotatable bonds is 5. The number of aromatic nitrogens is 1. The third-order valence-electron chi connectivity index (χ3n) is 3.68. The molecule has 112 valence electrons. The Morgan fingerprint density at radius 3 is 3.05 bits per heavy atom. The Kier molecular flexibility index (Phi) is 5.12. The highest BCUT2D eigenvalue weighted by Gasteiger charge is 2.31. The summed E-state index contributed by atoms with van der Waals surface area (Å²) < 4.78 is 5.55. The summed E-state index contributed by atoms with van der Waals surface area (Å²) in [6.45, 7) is 7.79. The molecule has 1 aliphatic heterocycles. The summed E-state index contributed by atoms with van der Waals surface area (Å²) in [7, 11) is 0. The molecule has 0 aromatic carbocycles. The molecular formula is C14H23N3O2S. The second kappa shape index (κ2) is 6.65. The highest BCUT2D eigenvalue weighted by molar-refractivity contribution is 7.13. The van der Waals surface area contributed by atoms with Crippen molar-refractivity contribution in [2.24, 2.45) is 5.73 Å². The van der Waals surface area contributed by atoms with Crippen LogP contribution < -0.4 is 5.73 Å². The van der Waals surface area contributed by atoms with E-state index in [-0.39, 0.29) is 18.1 Å². The zero-order valence-corrected chi connectivity index (χ0v) is 13.2. The van der Waals surface area contributed by atoms with Crippen molar-refractivity contribution in [3.05, 3.63) is 15.6 Å². The molecule has 1 saturated heterocycles. The van der Waals surface area contributed by atoms with E-state index >= 15 is 0 Å². The fourth-order valence-corrected chi connectivity index (χ4v) is 3.61.